The lowest BCUT2D eigenvalue weighted by Gasteiger charge is -2.18. The number of hydrogen-bond donors (Lipinski definition) is 0. The van der Waals surface area contributed by atoms with Crippen molar-refractivity contribution in [2.75, 3.05) is 7.05 Å². The van der Waals surface area contributed by atoms with Crippen LogP contribution in [0.1, 0.15) is 12.5 Å². The monoisotopic (exact) mass is 333 g/mol. The van der Waals surface area contributed by atoms with Crippen molar-refractivity contribution < 1.29 is 9.53 Å². The van der Waals surface area contributed by atoms with E-state index in [0.717, 1.165) is 21.5 Å². The van der Waals surface area contributed by atoms with Crippen molar-refractivity contribution in [3.8, 4) is 11.5 Å². The molecule has 0 spiro atoms. The second kappa shape index (κ2) is 6.57. The second-order valence-corrected chi connectivity index (χ2v) is 5.46. The Kier molecular flexibility index (Phi) is 4.79. The van der Waals surface area contributed by atoms with Gasteiger partial charge in [-0.25, -0.2) is 0 Å². The van der Waals surface area contributed by atoms with Crippen LogP contribution in [-0.4, -0.2) is 17.9 Å². The van der Waals surface area contributed by atoms with E-state index in [9.17, 15) is 4.79 Å². The first kappa shape index (κ1) is 14.6. The van der Waals surface area contributed by atoms with Crippen molar-refractivity contribution in [3.05, 3.63) is 58.6 Å². The number of carbonyl (C=O) groups is 1. The quantitative estimate of drug-likeness (QED) is 0.838. The summed E-state index contributed by atoms with van der Waals surface area (Å²) in [6.07, 6.45) is 0. The Bertz CT molecular complexity index is 599. The van der Waals surface area contributed by atoms with Gasteiger partial charge in [0.05, 0.1) is 0 Å². The highest BCUT2D eigenvalue weighted by molar-refractivity contribution is 9.10. The zero-order chi connectivity index (χ0) is 14.5. The van der Waals surface area contributed by atoms with E-state index in [4.69, 9.17) is 4.74 Å². The molecular formula is C16H16BrNO2. The Labute approximate surface area is 127 Å². The third kappa shape index (κ3) is 3.84. The zero-order valence-corrected chi connectivity index (χ0v) is 13.1. The van der Waals surface area contributed by atoms with E-state index in [1.807, 2.05) is 48.5 Å². The molecule has 0 aliphatic rings. The minimum atomic E-state index is 0.0237. The fourth-order valence-corrected chi connectivity index (χ4v) is 2.16. The van der Waals surface area contributed by atoms with Crippen molar-refractivity contribution >= 4 is 21.8 Å². The average molecular weight is 334 g/mol. The number of para-hydroxylation sites is 1. The summed E-state index contributed by atoms with van der Waals surface area (Å²) in [6, 6.07) is 15.4. The number of hydrogen-bond acceptors (Lipinski definition) is 2. The van der Waals surface area contributed by atoms with E-state index in [2.05, 4.69) is 15.9 Å². The molecule has 104 valence electrons. The molecule has 0 aromatic heterocycles. The summed E-state index contributed by atoms with van der Waals surface area (Å²) in [4.78, 5) is 13.0. The predicted octanol–water partition coefficient (Wildman–Crippen LogP) is 4.22. The van der Waals surface area contributed by atoms with Gasteiger partial charge in [0, 0.05) is 30.6 Å². The highest BCUT2D eigenvalue weighted by atomic mass is 79.9. The summed E-state index contributed by atoms with van der Waals surface area (Å²) in [5.74, 6) is 1.56. The topological polar surface area (TPSA) is 29.5 Å². The highest BCUT2D eigenvalue weighted by Gasteiger charge is 2.10. The first-order valence-electron chi connectivity index (χ1n) is 6.29. The van der Waals surface area contributed by atoms with Crippen molar-refractivity contribution in [2.45, 2.75) is 13.5 Å². The van der Waals surface area contributed by atoms with Crippen LogP contribution in [0.2, 0.25) is 0 Å². The molecule has 0 unspecified atom stereocenters. The second-order valence-electron chi connectivity index (χ2n) is 4.54. The minimum absolute atomic E-state index is 0.0237. The summed E-state index contributed by atoms with van der Waals surface area (Å²) in [6.45, 7) is 2.06. The summed E-state index contributed by atoms with van der Waals surface area (Å²) in [7, 11) is 1.77. The van der Waals surface area contributed by atoms with E-state index in [-0.39, 0.29) is 5.91 Å². The molecular weight excluding hydrogens is 318 g/mol. The molecule has 0 heterocycles. The molecule has 0 saturated carbocycles. The summed E-state index contributed by atoms with van der Waals surface area (Å²) < 4.78 is 6.85. The summed E-state index contributed by atoms with van der Waals surface area (Å²) in [5, 5.41) is 0. The van der Waals surface area contributed by atoms with Crippen LogP contribution in [0.5, 0.6) is 11.5 Å². The van der Waals surface area contributed by atoms with Crippen LogP contribution in [0.15, 0.2) is 53.0 Å². The summed E-state index contributed by atoms with van der Waals surface area (Å²) in [5.41, 5.74) is 0.959. The van der Waals surface area contributed by atoms with Gasteiger partial charge in [-0.3, -0.25) is 4.79 Å². The molecule has 3 nitrogen and oxygen atoms in total. The molecule has 0 fully saturated rings. The average Bonchev–Trinajstić information content (AvgIpc) is 2.43. The number of rotatable bonds is 4. The Morgan fingerprint density at radius 3 is 2.55 bits per heavy atom. The maximum Gasteiger partial charge on any atom is 0.219 e. The van der Waals surface area contributed by atoms with Gasteiger partial charge in [0.25, 0.3) is 0 Å². The molecule has 0 N–H and O–H groups in total. The lowest BCUT2D eigenvalue weighted by atomic mass is 10.2. The summed E-state index contributed by atoms with van der Waals surface area (Å²) >= 11 is 3.45. The first-order valence-corrected chi connectivity index (χ1v) is 7.08. The van der Waals surface area contributed by atoms with E-state index in [1.165, 1.54) is 0 Å². The van der Waals surface area contributed by atoms with E-state index < -0.39 is 0 Å². The fraction of sp³-hybridized carbons (Fsp3) is 0.188. The molecule has 0 saturated heterocycles. The predicted molar refractivity (Wildman–Crippen MR) is 82.8 cm³/mol. The number of ether oxygens (including phenoxy) is 1. The van der Waals surface area contributed by atoms with Crippen LogP contribution in [-0.2, 0) is 11.3 Å². The van der Waals surface area contributed by atoms with Gasteiger partial charge in [-0.05, 0) is 30.3 Å². The smallest absolute Gasteiger partial charge is 0.219 e. The van der Waals surface area contributed by atoms with E-state index in [0.29, 0.717) is 6.54 Å². The van der Waals surface area contributed by atoms with Crippen molar-refractivity contribution in [1.82, 2.24) is 4.90 Å². The molecule has 2 aromatic rings. The van der Waals surface area contributed by atoms with Crippen LogP contribution in [0.4, 0.5) is 0 Å². The van der Waals surface area contributed by atoms with Gasteiger partial charge in [0.15, 0.2) is 0 Å². The number of nitrogens with zero attached hydrogens (tertiary/aromatic N) is 1. The highest BCUT2D eigenvalue weighted by Crippen LogP contribution is 2.28. The van der Waals surface area contributed by atoms with Gasteiger partial charge in [0.2, 0.25) is 5.91 Å². The van der Waals surface area contributed by atoms with E-state index in [1.54, 1.807) is 18.9 Å². The standard InChI is InChI=1S/C16H16BrNO2/c1-12(19)18(2)11-13-10-14(17)8-9-16(13)20-15-6-4-3-5-7-15/h3-10H,11H2,1-2H3. The lowest BCUT2D eigenvalue weighted by molar-refractivity contribution is -0.128. The van der Waals surface area contributed by atoms with Gasteiger partial charge in [-0.1, -0.05) is 34.1 Å². The molecule has 2 rings (SSSR count). The first-order chi connectivity index (χ1) is 9.56. The van der Waals surface area contributed by atoms with Crippen molar-refractivity contribution in [1.29, 1.82) is 0 Å². The third-order valence-electron chi connectivity index (χ3n) is 2.94. The zero-order valence-electron chi connectivity index (χ0n) is 11.5. The largest absolute Gasteiger partial charge is 0.457 e. The Hall–Kier alpha value is -1.81. The van der Waals surface area contributed by atoms with Gasteiger partial charge in [-0.15, -0.1) is 0 Å². The van der Waals surface area contributed by atoms with Crippen molar-refractivity contribution in [2.24, 2.45) is 0 Å². The number of amides is 1. The molecule has 0 radical (unpaired) electrons. The molecule has 4 heteroatoms. The fourth-order valence-electron chi connectivity index (χ4n) is 1.75. The van der Waals surface area contributed by atoms with Gasteiger partial charge >= 0.3 is 0 Å². The maximum atomic E-state index is 11.4. The van der Waals surface area contributed by atoms with Crippen LogP contribution in [0.25, 0.3) is 0 Å². The van der Waals surface area contributed by atoms with Crippen LogP contribution >= 0.6 is 15.9 Å². The minimum Gasteiger partial charge on any atom is -0.457 e. The van der Waals surface area contributed by atoms with Crippen molar-refractivity contribution in [3.63, 3.8) is 0 Å². The number of benzene rings is 2. The van der Waals surface area contributed by atoms with Crippen LogP contribution < -0.4 is 4.74 Å². The lowest BCUT2D eigenvalue weighted by Crippen LogP contribution is -2.23. The Morgan fingerprint density at radius 2 is 1.90 bits per heavy atom. The molecule has 2 aromatic carbocycles. The molecule has 0 aliphatic heterocycles. The maximum absolute atomic E-state index is 11.4. The molecule has 1 amide bonds. The third-order valence-corrected chi connectivity index (χ3v) is 3.43. The van der Waals surface area contributed by atoms with Crippen LogP contribution in [0, 0.1) is 0 Å². The van der Waals surface area contributed by atoms with Crippen LogP contribution in [0.3, 0.4) is 0 Å². The Morgan fingerprint density at radius 1 is 1.20 bits per heavy atom. The normalized spacial score (nSPS) is 10.2. The number of carbonyl (C=O) groups excluding carboxylic acids is 1. The van der Waals surface area contributed by atoms with Gasteiger partial charge in [0.1, 0.15) is 11.5 Å². The molecule has 0 atom stereocenters. The van der Waals surface area contributed by atoms with E-state index >= 15 is 0 Å². The van der Waals surface area contributed by atoms with Gasteiger partial charge in [-0.2, -0.15) is 0 Å². The number of halogens is 1. The SMILES string of the molecule is CC(=O)N(C)Cc1cc(Br)ccc1Oc1ccccc1. The molecule has 20 heavy (non-hydrogen) atoms. The Balaban J connectivity index is 2.26. The molecule has 0 bridgehead atoms. The van der Waals surface area contributed by atoms with Gasteiger partial charge < -0.3 is 9.64 Å². The molecule has 0 aliphatic carbocycles.